The highest BCUT2D eigenvalue weighted by Crippen LogP contribution is 2.46. The number of thiazole rings is 1. The minimum atomic E-state index is -0.199. The van der Waals surface area contributed by atoms with E-state index in [0.717, 1.165) is 18.0 Å². The Morgan fingerprint density at radius 3 is 2.50 bits per heavy atom. The van der Waals surface area contributed by atoms with Crippen LogP contribution in [0.4, 0.5) is 0 Å². The molecule has 18 heavy (non-hydrogen) atoms. The van der Waals surface area contributed by atoms with Gasteiger partial charge in [-0.25, -0.2) is 4.98 Å². The molecule has 0 aromatic carbocycles. The lowest BCUT2D eigenvalue weighted by atomic mass is 9.65. The number of aryl methyl sites for hydroxylation is 2. The van der Waals surface area contributed by atoms with Crippen molar-refractivity contribution < 1.29 is 0 Å². The molecule has 1 heterocycles. The van der Waals surface area contributed by atoms with E-state index in [0.29, 0.717) is 11.8 Å². The van der Waals surface area contributed by atoms with Crippen molar-refractivity contribution in [1.82, 2.24) is 4.98 Å². The van der Waals surface area contributed by atoms with E-state index in [4.69, 9.17) is 10.7 Å². The molecule has 3 atom stereocenters. The van der Waals surface area contributed by atoms with E-state index in [1.165, 1.54) is 22.7 Å². The van der Waals surface area contributed by atoms with Gasteiger partial charge in [-0.15, -0.1) is 11.3 Å². The maximum absolute atomic E-state index is 6.85. The maximum Gasteiger partial charge on any atom is 0.113 e. The van der Waals surface area contributed by atoms with Crippen LogP contribution in [-0.2, 0) is 5.54 Å². The fourth-order valence-corrected chi connectivity index (χ4v) is 4.49. The molecule has 0 amide bonds. The number of hydrogen-bond donors (Lipinski definition) is 1. The van der Waals surface area contributed by atoms with Crippen molar-refractivity contribution in [2.45, 2.75) is 59.4 Å². The van der Waals surface area contributed by atoms with Crippen LogP contribution in [0.1, 0.15) is 55.6 Å². The molecule has 2 nitrogen and oxygen atoms in total. The predicted octanol–water partition coefficient (Wildman–Crippen LogP) is 4.01. The Morgan fingerprint density at radius 2 is 2.00 bits per heavy atom. The standard InChI is InChI=1S/C15H26N2S/c1-9(2)13-7-6-10(3)8-15(13,16)14-17-11(4)12(5)18-14/h9-10,13H,6-8,16H2,1-5H3. The highest BCUT2D eigenvalue weighted by Gasteiger charge is 2.44. The Bertz CT molecular complexity index is 405. The number of nitrogens with zero attached hydrogens (tertiary/aromatic N) is 1. The van der Waals surface area contributed by atoms with E-state index in [1.54, 1.807) is 11.3 Å². The molecular weight excluding hydrogens is 240 g/mol. The molecule has 1 aliphatic rings. The minimum absolute atomic E-state index is 0.199. The molecule has 1 aromatic heterocycles. The maximum atomic E-state index is 6.85. The molecule has 102 valence electrons. The molecule has 0 spiro atoms. The van der Waals surface area contributed by atoms with Gasteiger partial charge in [0.15, 0.2) is 0 Å². The van der Waals surface area contributed by atoms with Crippen LogP contribution in [0, 0.1) is 31.6 Å². The zero-order valence-corrected chi connectivity index (χ0v) is 13.1. The van der Waals surface area contributed by atoms with Crippen molar-refractivity contribution in [3.63, 3.8) is 0 Å². The molecule has 1 saturated carbocycles. The summed E-state index contributed by atoms with van der Waals surface area (Å²) in [7, 11) is 0. The van der Waals surface area contributed by atoms with Crippen LogP contribution in [-0.4, -0.2) is 4.98 Å². The van der Waals surface area contributed by atoms with Crippen molar-refractivity contribution in [2.75, 3.05) is 0 Å². The third-order valence-corrected chi connectivity index (χ3v) is 5.82. The SMILES string of the molecule is Cc1nc(C2(N)CC(C)CCC2C(C)C)sc1C. The zero-order chi connectivity index (χ0) is 13.5. The van der Waals surface area contributed by atoms with Gasteiger partial charge in [0.2, 0.25) is 0 Å². The number of nitrogens with two attached hydrogens (primary N) is 1. The largest absolute Gasteiger partial charge is 0.319 e. The Labute approximate surface area is 115 Å². The van der Waals surface area contributed by atoms with E-state index >= 15 is 0 Å². The van der Waals surface area contributed by atoms with Gasteiger partial charge in [0.05, 0.1) is 11.2 Å². The summed E-state index contributed by atoms with van der Waals surface area (Å²) in [6.45, 7) is 11.2. The Kier molecular flexibility index (Phi) is 3.84. The third kappa shape index (κ3) is 2.35. The average Bonchev–Trinajstić information content (AvgIpc) is 2.59. The van der Waals surface area contributed by atoms with Crippen LogP contribution >= 0.6 is 11.3 Å². The van der Waals surface area contributed by atoms with Crippen LogP contribution in [0.3, 0.4) is 0 Å². The van der Waals surface area contributed by atoms with E-state index in [2.05, 4.69) is 34.6 Å². The van der Waals surface area contributed by atoms with Crippen LogP contribution in [0.2, 0.25) is 0 Å². The molecule has 3 unspecified atom stereocenters. The first-order chi connectivity index (χ1) is 8.34. The molecule has 0 radical (unpaired) electrons. The summed E-state index contributed by atoms with van der Waals surface area (Å²) in [5.74, 6) is 1.92. The second kappa shape index (κ2) is 4.93. The second-order valence-electron chi connectivity index (χ2n) is 6.44. The molecule has 1 aromatic rings. The van der Waals surface area contributed by atoms with Gasteiger partial charge in [-0.2, -0.15) is 0 Å². The molecule has 0 bridgehead atoms. The van der Waals surface area contributed by atoms with Gasteiger partial charge >= 0.3 is 0 Å². The summed E-state index contributed by atoms with van der Waals surface area (Å²) in [6.07, 6.45) is 3.64. The summed E-state index contributed by atoms with van der Waals surface area (Å²) in [6, 6.07) is 0. The first-order valence-electron chi connectivity index (χ1n) is 7.08. The molecule has 3 heteroatoms. The lowest BCUT2D eigenvalue weighted by molar-refractivity contribution is 0.108. The molecule has 2 rings (SSSR count). The summed E-state index contributed by atoms with van der Waals surface area (Å²) < 4.78 is 0. The summed E-state index contributed by atoms with van der Waals surface area (Å²) >= 11 is 1.81. The van der Waals surface area contributed by atoms with Gasteiger partial charge < -0.3 is 5.73 Å². The Morgan fingerprint density at radius 1 is 1.33 bits per heavy atom. The lowest BCUT2D eigenvalue weighted by Crippen LogP contribution is -2.50. The Balaban J connectivity index is 2.40. The van der Waals surface area contributed by atoms with E-state index in [9.17, 15) is 0 Å². The third-order valence-electron chi connectivity index (χ3n) is 4.55. The van der Waals surface area contributed by atoms with Gasteiger partial charge in [-0.3, -0.25) is 0 Å². The van der Waals surface area contributed by atoms with Gasteiger partial charge in [0.25, 0.3) is 0 Å². The van der Waals surface area contributed by atoms with Gasteiger partial charge in [0.1, 0.15) is 5.01 Å². The minimum Gasteiger partial charge on any atom is -0.319 e. The van der Waals surface area contributed by atoms with Crippen molar-refractivity contribution in [3.05, 3.63) is 15.6 Å². The molecule has 0 aliphatic heterocycles. The van der Waals surface area contributed by atoms with Crippen LogP contribution in [0.5, 0.6) is 0 Å². The van der Waals surface area contributed by atoms with Crippen molar-refractivity contribution in [1.29, 1.82) is 0 Å². The summed E-state index contributed by atoms with van der Waals surface area (Å²) in [4.78, 5) is 6.08. The summed E-state index contributed by atoms with van der Waals surface area (Å²) in [5, 5.41) is 1.17. The summed E-state index contributed by atoms with van der Waals surface area (Å²) in [5.41, 5.74) is 7.80. The normalized spacial score (nSPS) is 33.1. The number of rotatable bonds is 2. The fraction of sp³-hybridized carbons (Fsp3) is 0.800. The number of hydrogen-bond acceptors (Lipinski definition) is 3. The van der Waals surface area contributed by atoms with Crippen LogP contribution in [0.15, 0.2) is 0 Å². The molecular formula is C15H26N2S. The first-order valence-corrected chi connectivity index (χ1v) is 7.89. The smallest absolute Gasteiger partial charge is 0.113 e. The average molecular weight is 266 g/mol. The first kappa shape index (κ1) is 14.0. The molecule has 2 N–H and O–H groups in total. The fourth-order valence-electron chi connectivity index (χ4n) is 3.40. The van der Waals surface area contributed by atoms with Gasteiger partial charge in [0, 0.05) is 4.88 Å². The van der Waals surface area contributed by atoms with E-state index in [1.807, 2.05) is 0 Å². The zero-order valence-electron chi connectivity index (χ0n) is 12.3. The Hall–Kier alpha value is -0.410. The van der Waals surface area contributed by atoms with Crippen LogP contribution < -0.4 is 5.73 Å². The predicted molar refractivity (Wildman–Crippen MR) is 78.8 cm³/mol. The molecule has 1 aliphatic carbocycles. The van der Waals surface area contributed by atoms with E-state index in [-0.39, 0.29) is 5.54 Å². The van der Waals surface area contributed by atoms with E-state index < -0.39 is 0 Å². The highest BCUT2D eigenvalue weighted by atomic mass is 32.1. The van der Waals surface area contributed by atoms with Crippen molar-refractivity contribution >= 4 is 11.3 Å². The topological polar surface area (TPSA) is 38.9 Å². The lowest BCUT2D eigenvalue weighted by Gasteiger charge is -2.44. The van der Waals surface area contributed by atoms with Gasteiger partial charge in [-0.1, -0.05) is 27.2 Å². The second-order valence-corrected chi connectivity index (χ2v) is 7.64. The monoisotopic (exact) mass is 266 g/mol. The quantitative estimate of drug-likeness (QED) is 0.878. The molecule has 1 fully saturated rings. The van der Waals surface area contributed by atoms with Crippen molar-refractivity contribution in [2.24, 2.45) is 23.5 Å². The van der Waals surface area contributed by atoms with Crippen LogP contribution in [0.25, 0.3) is 0 Å². The van der Waals surface area contributed by atoms with Gasteiger partial charge in [-0.05, 0) is 44.4 Å². The number of aromatic nitrogens is 1. The highest BCUT2D eigenvalue weighted by molar-refractivity contribution is 7.11. The molecule has 0 saturated heterocycles. The van der Waals surface area contributed by atoms with Crippen molar-refractivity contribution in [3.8, 4) is 0 Å².